The topological polar surface area (TPSA) is 60.2 Å². The molecule has 0 fully saturated rings. The summed E-state index contributed by atoms with van der Waals surface area (Å²) in [6.07, 6.45) is 1.54. The van der Waals surface area contributed by atoms with Crippen LogP contribution >= 0.6 is 0 Å². The minimum atomic E-state index is -0.445. The number of hydrogen-bond acceptors (Lipinski definition) is 2. The highest BCUT2D eigenvalue weighted by atomic mass is 16.1. The molecule has 0 aromatic rings. The molecule has 3 nitrogen and oxygen atoms in total. The fourth-order valence-electron chi connectivity index (χ4n) is 2.43. The predicted molar refractivity (Wildman–Crippen MR) is 75.0 cm³/mol. The number of carbonyl (C=O) groups excluding carboxylic acids is 2. The summed E-state index contributed by atoms with van der Waals surface area (Å²) in [5, 5.41) is 0. The fourth-order valence-corrected chi connectivity index (χ4v) is 2.43. The SMILES string of the molecule is CCC[C@H](C(N)=O)[C@H](C(=O)C(C)(C)C)C(C)(C)C. The van der Waals surface area contributed by atoms with Crippen LogP contribution in [0.25, 0.3) is 0 Å². The van der Waals surface area contributed by atoms with Gasteiger partial charge in [-0.1, -0.05) is 54.9 Å². The van der Waals surface area contributed by atoms with Gasteiger partial charge in [-0.05, 0) is 11.8 Å². The normalized spacial score (nSPS) is 16.2. The minimum Gasteiger partial charge on any atom is -0.369 e. The van der Waals surface area contributed by atoms with E-state index in [4.69, 9.17) is 5.73 Å². The maximum atomic E-state index is 12.6. The lowest BCUT2D eigenvalue weighted by Gasteiger charge is -2.38. The van der Waals surface area contributed by atoms with Gasteiger partial charge in [-0.25, -0.2) is 0 Å². The van der Waals surface area contributed by atoms with Crippen LogP contribution in [0.4, 0.5) is 0 Å². The second-order valence-electron chi connectivity index (χ2n) is 7.26. The van der Waals surface area contributed by atoms with E-state index < -0.39 is 5.41 Å². The molecule has 106 valence electrons. The van der Waals surface area contributed by atoms with Crippen molar-refractivity contribution in [3.8, 4) is 0 Å². The van der Waals surface area contributed by atoms with E-state index in [1.165, 1.54) is 0 Å². The first-order chi connectivity index (χ1) is 7.92. The lowest BCUT2D eigenvalue weighted by molar-refractivity contribution is -0.141. The molecule has 1 amide bonds. The average molecular weight is 255 g/mol. The summed E-state index contributed by atoms with van der Waals surface area (Å²) in [7, 11) is 0. The van der Waals surface area contributed by atoms with Gasteiger partial charge in [-0.15, -0.1) is 0 Å². The van der Waals surface area contributed by atoms with E-state index in [1.54, 1.807) is 0 Å². The first kappa shape index (κ1) is 17.1. The zero-order valence-electron chi connectivity index (χ0n) is 13.0. The number of carbonyl (C=O) groups is 2. The predicted octanol–water partition coefficient (Wildman–Crippen LogP) is 3.17. The molecule has 2 atom stereocenters. The number of Topliss-reactive ketones (excluding diaryl/α,β-unsaturated/α-hetero) is 1. The molecule has 0 unspecified atom stereocenters. The Labute approximate surface area is 112 Å². The summed E-state index contributed by atoms with van der Waals surface area (Å²) >= 11 is 0. The van der Waals surface area contributed by atoms with Crippen LogP contribution in [-0.4, -0.2) is 11.7 Å². The summed E-state index contributed by atoms with van der Waals surface area (Å²) in [5.74, 6) is -0.890. The Morgan fingerprint density at radius 2 is 1.50 bits per heavy atom. The number of ketones is 1. The molecule has 0 spiro atoms. The first-order valence-electron chi connectivity index (χ1n) is 6.76. The van der Waals surface area contributed by atoms with E-state index in [0.29, 0.717) is 6.42 Å². The lowest BCUT2D eigenvalue weighted by atomic mass is 9.64. The molecule has 0 aromatic heterocycles. The van der Waals surface area contributed by atoms with E-state index in [1.807, 2.05) is 48.5 Å². The Balaban J connectivity index is 5.48. The molecular weight excluding hydrogens is 226 g/mol. The standard InChI is InChI=1S/C15H29NO2/c1-8-9-10(13(16)18)11(14(2,3)4)12(17)15(5,6)7/h10-11H,8-9H2,1-7H3,(H2,16,18)/t10-,11+/m0/s1. The van der Waals surface area contributed by atoms with E-state index in [9.17, 15) is 9.59 Å². The second kappa shape index (κ2) is 5.85. The molecule has 0 aliphatic rings. The average Bonchev–Trinajstić information content (AvgIpc) is 2.12. The van der Waals surface area contributed by atoms with Crippen LogP contribution in [-0.2, 0) is 9.59 Å². The van der Waals surface area contributed by atoms with Gasteiger partial charge in [0.15, 0.2) is 0 Å². The second-order valence-corrected chi connectivity index (χ2v) is 7.26. The maximum Gasteiger partial charge on any atom is 0.221 e. The third-order valence-corrected chi connectivity index (χ3v) is 3.32. The number of nitrogens with two attached hydrogens (primary N) is 1. The highest BCUT2D eigenvalue weighted by Gasteiger charge is 2.43. The van der Waals surface area contributed by atoms with Gasteiger partial charge in [0.1, 0.15) is 5.78 Å². The van der Waals surface area contributed by atoms with Crippen molar-refractivity contribution >= 4 is 11.7 Å². The third kappa shape index (κ3) is 4.43. The molecule has 0 saturated heterocycles. The Morgan fingerprint density at radius 1 is 1.06 bits per heavy atom. The Bertz CT molecular complexity index is 307. The molecule has 0 rings (SSSR count). The zero-order chi connectivity index (χ0) is 14.7. The molecule has 0 radical (unpaired) electrons. The molecular formula is C15H29NO2. The van der Waals surface area contributed by atoms with E-state index in [2.05, 4.69) is 0 Å². The van der Waals surface area contributed by atoms with Gasteiger partial charge in [0.2, 0.25) is 5.91 Å². The molecule has 0 heterocycles. The van der Waals surface area contributed by atoms with Gasteiger partial charge in [0, 0.05) is 17.3 Å². The van der Waals surface area contributed by atoms with Crippen molar-refractivity contribution in [2.24, 2.45) is 28.4 Å². The van der Waals surface area contributed by atoms with Crippen LogP contribution in [0.3, 0.4) is 0 Å². The van der Waals surface area contributed by atoms with Crippen LogP contribution in [0.5, 0.6) is 0 Å². The lowest BCUT2D eigenvalue weighted by Crippen LogP contribution is -2.45. The largest absolute Gasteiger partial charge is 0.369 e. The number of primary amides is 1. The summed E-state index contributed by atoms with van der Waals surface area (Å²) in [6, 6.07) is 0. The van der Waals surface area contributed by atoms with Gasteiger partial charge in [-0.3, -0.25) is 9.59 Å². The summed E-state index contributed by atoms with van der Waals surface area (Å²) in [6.45, 7) is 13.7. The van der Waals surface area contributed by atoms with Crippen molar-refractivity contribution < 1.29 is 9.59 Å². The van der Waals surface area contributed by atoms with Crippen molar-refractivity contribution in [3.63, 3.8) is 0 Å². The fraction of sp³-hybridized carbons (Fsp3) is 0.867. The highest BCUT2D eigenvalue weighted by Crippen LogP contribution is 2.39. The van der Waals surface area contributed by atoms with Crippen molar-refractivity contribution in [2.75, 3.05) is 0 Å². The molecule has 0 aliphatic carbocycles. The van der Waals surface area contributed by atoms with Crippen LogP contribution in [0.2, 0.25) is 0 Å². The van der Waals surface area contributed by atoms with Crippen LogP contribution < -0.4 is 5.73 Å². The van der Waals surface area contributed by atoms with Crippen LogP contribution in [0.1, 0.15) is 61.3 Å². The van der Waals surface area contributed by atoms with Gasteiger partial charge in [-0.2, -0.15) is 0 Å². The molecule has 3 heteroatoms. The van der Waals surface area contributed by atoms with E-state index in [-0.39, 0.29) is 28.9 Å². The number of amides is 1. The van der Waals surface area contributed by atoms with Crippen molar-refractivity contribution in [1.29, 1.82) is 0 Å². The van der Waals surface area contributed by atoms with Gasteiger partial charge in [0.25, 0.3) is 0 Å². The summed E-state index contributed by atoms with van der Waals surface area (Å²) in [4.78, 5) is 24.3. The van der Waals surface area contributed by atoms with Crippen molar-refractivity contribution in [2.45, 2.75) is 61.3 Å². The molecule has 0 aliphatic heterocycles. The monoisotopic (exact) mass is 255 g/mol. The maximum absolute atomic E-state index is 12.6. The van der Waals surface area contributed by atoms with Gasteiger partial charge >= 0.3 is 0 Å². The highest BCUT2D eigenvalue weighted by molar-refractivity contribution is 5.91. The molecule has 0 aromatic carbocycles. The molecule has 2 N–H and O–H groups in total. The van der Waals surface area contributed by atoms with E-state index >= 15 is 0 Å². The van der Waals surface area contributed by atoms with Crippen molar-refractivity contribution in [1.82, 2.24) is 0 Å². The Hall–Kier alpha value is -0.860. The van der Waals surface area contributed by atoms with E-state index in [0.717, 1.165) is 6.42 Å². The minimum absolute atomic E-state index is 0.132. The number of hydrogen-bond donors (Lipinski definition) is 1. The Kier molecular flexibility index (Phi) is 5.57. The van der Waals surface area contributed by atoms with Crippen LogP contribution in [0.15, 0.2) is 0 Å². The molecule has 18 heavy (non-hydrogen) atoms. The zero-order valence-corrected chi connectivity index (χ0v) is 13.0. The van der Waals surface area contributed by atoms with Gasteiger partial charge in [0.05, 0.1) is 0 Å². The van der Waals surface area contributed by atoms with Gasteiger partial charge < -0.3 is 5.73 Å². The Morgan fingerprint density at radius 3 is 1.72 bits per heavy atom. The third-order valence-electron chi connectivity index (χ3n) is 3.32. The smallest absolute Gasteiger partial charge is 0.221 e. The quantitative estimate of drug-likeness (QED) is 0.820. The summed E-state index contributed by atoms with van der Waals surface area (Å²) < 4.78 is 0. The molecule has 0 bridgehead atoms. The summed E-state index contributed by atoms with van der Waals surface area (Å²) in [5.41, 5.74) is 4.81. The first-order valence-corrected chi connectivity index (χ1v) is 6.76. The number of rotatable bonds is 5. The van der Waals surface area contributed by atoms with Crippen LogP contribution in [0, 0.1) is 22.7 Å². The molecule has 0 saturated carbocycles. The van der Waals surface area contributed by atoms with Crippen molar-refractivity contribution in [3.05, 3.63) is 0 Å².